The third-order valence-corrected chi connectivity index (χ3v) is 5.28. The van der Waals surface area contributed by atoms with Gasteiger partial charge in [-0.05, 0) is 12.1 Å². The molecule has 0 unspecified atom stereocenters. The molecule has 0 spiro atoms. The average Bonchev–Trinajstić information content (AvgIpc) is 2.02. The van der Waals surface area contributed by atoms with Crippen LogP contribution in [0.1, 0.15) is 0 Å². The summed E-state index contributed by atoms with van der Waals surface area (Å²) in [7, 11) is -3.08. The van der Waals surface area contributed by atoms with Gasteiger partial charge in [-0.1, -0.05) is 13.1 Å². The molecule has 0 bridgehead atoms. The maximum Gasteiger partial charge on any atom is 0.631 e. The molecule has 8 heteroatoms. The van der Waals surface area contributed by atoms with Crippen molar-refractivity contribution < 1.29 is 36.1 Å². The Bertz CT molecular complexity index is 149. The Morgan fingerprint density at radius 1 is 1.07 bits per heavy atom. The number of hydrogen-bond acceptors (Lipinski definition) is 5. The molecule has 0 aromatic rings. The molecular formula is C6H19BN2O3PtSi. The van der Waals surface area contributed by atoms with Gasteiger partial charge < -0.3 is 26.5 Å². The van der Waals surface area contributed by atoms with E-state index in [9.17, 15) is 0 Å². The van der Waals surface area contributed by atoms with Crippen molar-refractivity contribution in [1.29, 1.82) is 0 Å². The first-order chi connectivity index (χ1) is 5.74. The fraction of sp³-hybridized carbons (Fsp3) is 1.00. The molecule has 1 fully saturated rings. The summed E-state index contributed by atoms with van der Waals surface area (Å²) < 4.78 is 0. The quantitative estimate of drug-likeness (QED) is 0.311. The van der Waals surface area contributed by atoms with Crippen molar-refractivity contribution in [1.82, 2.24) is 0 Å². The minimum Gasteiger partial charge on any atom is -0.402 e. The average molecular weight is 401 g/mol. The summed E-state index contributed by atoms with van der Waals surface area (Å²) in [6.45, 7) is 4.72. The van der Waals surface area contributed by atoms with Crippen molar-refractivity contribution >= 4 is 15.4 Å². The van der Waals surface area contributed by atoms with Gasteiger partial charge in [-0.2, -0.15) is 0 Å². The van der Waals surface area contributed by atoms with E-state index in [1.54, 1.807) is 0 Å². The predicted molar refractivity (Wildman–Crippen MR) is 55.5 cm³/mol. The fourth-order valence-electron chi connectivity index (χ4n) is 1.66. The van der Waals surface area contributed by atoms with Gasteiger partial charge in [0.25, 0.3) is 0 Å². The van der Waals surface area contributed by atoms with Crippen LogP contribution in [0.3, 0.4) is 0 Å². The Morgan fingerprint density at radius 3 is 1.36 bits per heavy atom. The van der Waals surface area contributed by atoms with E-state index in [1.165, 1.54) is 12.1 Å². The van der Waals surface area contributed by atoms with E-state index in [0.29, 0.717) is 12.1 Å². The van der Waals surface area contributed by atoms with Gasteiger partial charge in [0.15, 0.2) is 0 Å². The van der Waals surface area contributed by atoms with Crippen molar-refractivity contribution in [2.24, 2.45) is 11.5 Å². The molecule has 88 valence electrons. The maximum atomic E-state index is 7.17. The van der Waals surface area contributed by atoms with Crippen LogP contribution in [-0.4, -0.2) is 42.6 Å². The molecule has 7 N–H and O–H groups in total. The molecule has 1 rings (SSSR count). The summed E-state index contributed by atoms with van der Waals surface area (Å²) in [6.07, 6.45) is 0. The van der Waals surface area contributed by atoms with Crippen LogP contribution in [0.4, 0.5) is 0 Å². The second-order valence-corrected chi connectivity index (χ2v) is 9.39. The third kappa shape index (κ3) is 8.11. The summed E-state index contributed by atoms with van der Waals surface area (Å²) in [5, 5.41) is 21.5. The summed E-state index contributed by atoms with van der Waals surface area (Å²) >= 11 is 0. The van der Waals surface area contributed by atoms with Crippen molar-refractivity contribution in [3.05, 3.63) is 0 Å². The van der Waals surface area contributed by atoms with Gasteiger partial charge in [0.05, 0.1) is 8.07 Å². The van der Waals surface area contributed by atoms with E-state index in [0.717, 1.165) is 0 Å². The van der Waals surface area contributed by atoms with E-state index in [4.69, 9.17) is 26.5 Å². The third-order valence-electron chi connectivity index (χ3n) is 2.13. The number of rotatable bonds is 0. The van der Waals surface area contributed by atoms with Crippen LogP contribution in [0.25, 0.3) is 0 Å². The van der Waals surface area contributed by atoms with Gasteiger partial charge >= 0.3 is 7.32 Å². The van der Waals surface area contributed by atoms with Crippen LogP contribution in [-0.2, 0) is 21.1 Å². The zero-order chi connectivity index (χ0) is 10.6. The molecule has 0 saturated carbocycles. The molecule has 0 aliphatic carbocycles. The van der Waals surface area contributed by atoms with Crippen LogP contribution in [0.5, 0.6) is 0 Å². The van der Waals surface area contributed by atoms with E-state index >= 15 is 0 Å². The van der Waals surface area contributed by atoms with Crippen LogP contribution in [0, 0.1) is 0 Å². The number of nitrogens with two attached hydrogens (primary N) is 2. The standard InChI is InChI=1S/C6H16N2Si.BH3O3.Pt/c1-9(2)3-5(7)6(8)4-9;2-1(3)4;/h5-6H,3-4,7-8H2,1-2H3;2-4H;/t5-,6-;;/m1../s1. The van der Waals surface area contributed by atoms with E-state index in [1.807, 2.05) is 0 Å². The molecule has 1 saturated heterocycles. The molecule has 1 aliphatic heterocycles. The van der Waals surface area contributed by atoms with Crippen LogP contribution >= 0.6 is 0 Å². The fourth-order valence-corrected chi connectivity index (χ4v) is 4.99. The van der Waals surface area contributed by atoms with Gasteiger partial charge in [-0.15, -0.1) is 0 Å². The maximum absolute atomic E-state index is 7.17. The van der Waals surface area contributed by atoms with E-state index in [2.05, 4.69) is 13.1 Å². The molecule has 2 atom stereocenters. The summed E-state index contributed by atoms with van der Waals surface area (Å²) in [5.74, 6) is 0. The molecule has 0 amide bonds. The Kier molecular flexibility index (Phi) is 8.72. The first-order valence-electron chi connectivity index (χ1n) is 4.30. The molecular weight excluding hydrogens is 382 g/mol. The minimum absolute atomic E-state index is 0. The Morgan fingerprint density at radius 2 is 1.29 bits per heavy atom. The zero-order valence-electron chi connectivity index (χ0n) is 8.46. The first kappa shape index (κ1) is 17.2. The van der Waals surface area contributed by atoms with Crippen molar-refractivity contribution in [3.63, 3.8) is 0 Å². The first-order valence-corrected chi connectivity index (χ1v) is 7.71. The van der Waals surface area contributed by atoms with Crippen molar-refractivity contribution in [2.45, 2.75) is 37.3 Å². The van der Waals surface area contributed by atoms with Gasteiger partial charge in [-0.3, -0.25) is 0 Å². The number of hydrogen-bond donors (Lipinski definition) is 5. The second kappa shape index (κ2) is 7.11. The topological polar surface area (TPSA) is 113 Å². The predicted octanol–water partition coefficient (Wildman–Crippen LogP) is -1.69. The smallest absolute Gasteiger partial charge is 0.402 e. The van der Waals surface area contributed by atoms with Gasteiger partial charge in [0, 0.05) is 33.1 Å². The Balaban J connectivity index is 0. The van der Waals surface area contributed by atoms with E-state index in [-0.39, 0.29) is 21.1 Å². The molecule has 14 heavy (non-hydrogen) atoms. The molecule has 5 nitrogen and oxygen atoms in total. The van der Waals surface area contributed by atoms with Gasteiger partial charge in [0.1, 0.15) is 0 Å². The van der Waals surface area contributed by atoms with E-state index < -0.39 is 15.4 Å². The van der Waals surface area contributed by atoms with Crippen LogP contribution in [0.2, 0.25) is 25.2 Å². The Labute approximate surface area is 100 Å². The van der Waals surface area contributed by atoms with Crippen LogP contribution in [0.15, 0.2) is 0 Å². The SMILES string of the molecule is C[Si]1(C)C[C@@H](N)[C@H](N)C1.OB(O)O.[Pt]. The zero-order valence-corrected chi connectivity index (χ0v) is 11.7. The molecule has 0 aromatic carbocycles. The molecule has 0 radical (unpaired) electrons. The van der Waals surface area contributed by atoms with Gasteiger partial charge in [0.2, 0.25) is 0 Å². The summed E-state index contributed by atoms with van der Waals surface area (Å²) in [5.41, 5.74) is 11.5. The monoisotopic (exact) mass is 401 g/mol. The largest absolute Gasteiger partial charge is 0.631 e. The summed E-state index contributed by atoms with van der Waals surface area (Å²) in [6, 6.07) is 3.03. The molecule has 1 heterocycles. The second-order valence-electron chi connectivity index (χ2n) is 4.25. The van der Waals surface area contributed by atoms with Crippen molar-refractivity contribution in [2.75, 3.05) is 0 Å². The minimum atomic E-state index is -2.17. The van der Waals surface area contributed by atoms with Gasteiger partial charge in [-0.25, -0.2) is 0 Å². The van der Waals surface area contributed by atoms with Crippen LogP contribution < -0.4 is 11.5 Å². The summed E-state index contributed by atoms with van der Waals surface area (Å²) in [4.78, 5) is 0. The van der Waals surface area contributed by atoms with Crippen molar-refractivity contribution in [3.8, 4) is 0 Å². The molecule has 0 aromatic heterocycles. The molecule has 1 aliphatic rings. The normalized spacial score (nSPS) is 28.5. The Hall–Kier alpha value is 0.770.